The van der Waals surface area contributed by atoms with Crippen LogP contribution in [0.2, 0.25) is 0 Å². The lowest BCUT2D eigenvalue weighted by molar-refractivity contribution is -0.422. The van der Waals surface area contributed by atoms with E-state index in [1.165, 1.54) is 0 Å². The van der Waals surface area contributed by atoms with E-state index in [2.05, 4.69) is 9.47 Å². The van der Waals surface area contributed by atoms with Crippen LogP contribution in [0, 0.1) is 0 Å². The van der Waals surface area contributed by atoms with Crippen molar-refractivity contribution in [3.8, 4) is 0 Å². The number of hydrogen-bond donors (Lipinski definition) is 0. The molecule has 0 aromatic heterocycles. The van der Waals surface area contributed by atoms with E-state index in [0.29, 0.717) is 0 Å². The minimum absolute atomic E-state index is 2.61. The van der Waals surface area contributed by atoms with E-state index in [1.54, 1.807) is 0 Å². The number of hydrogen-bond acceptors (Lipinski definition) is 3. The van der Waals surface area contributed by atoms with Gasteiger partial charge in [0, 0.05) is 0 Å². The van der Waals surface area contributed by atoms with Gasteiger partial charge >= 0.3 is 30.2 Å². The Morgan fingerprint density at radius 3 is 1.25 bits per heavy atom. The zero-order chi connectivity index (χ0) is 13.0. The monoisotopic (exact) mass is 260 g/mol. The average Bonchev–Trinajstić information content (AvgIpc) is 2.21. The Kier molecular flexibility index (Phi) is 2.30. The van der Waals surface area contributed by atoms with E-state index >= 15 is 0 Å². The second-order valence-electron chi connectivity index (χ2n) is 2.64. The Morgan fingerprint density at radius 1 is 0.812 bits per heavy atom. The summed E-state index contributed by atoms with van der Waals surface area (Å²) in [6.07, 6.45) is -15.6. The second-order valence-corrected chi connectivity index (χ2v) is 2.64. The van der Waals surface area contributed by atoms with Gasteiger partial charge in [0.15, 0.2) is 0 Å². The van der Waals surface area contributed by atoms with Crippen LogP contribution in [-0.4, -0.2) is 30.2 Å². The minimum Gasteiger partial charge on any atom is -0.381 e. The SMILES string of the molecule is O=C1OC(F)(C(F)(F)F)[C@](F)(C(F)(F)F)O1. The smallest absolute Gasteiger partial charge is 0.381 e. The standard InChI is InChI=1S/C5F8O3/c6-2(4(8,9)10)3(7,5(11,12)13)16-1(14)15-2/t2-,3?/m1/s1. The van der Waals surface area contributed by atoms with Gasteiger partial charge in [-0.25, -0.2) is 4.79 Å². The molecule has 11 heteroatoms. The Balaban J connectivity index is 3.34. The van der Waals surface area contributed by atoms with Crippen molar-refractivity contribution in [2.75, 3.05) is 0 Å². The van der Waals surface area contributed by atoms with E-state index < -0.39 is 30.2 Å². The molecule has 1 fully saturated rings. The van der Waals surface area contributed by atoms with Gasteiger partial charge in [-0.1, -0.05) is 0 Å². The van der Waals surface area contributed by atoms with Crippen LogP contribution in [0.1, 0.15) is 0 Å². The van der Waals surface area contributed by atoms with Crippen LogP contribution in [0.25, 0.3) is 0 Å². The normalized spacial score (nSPS) is 35.9. The molecule has 1 saturated heterocycles. The molecule has 1 heterocycles. The predicted octanol–water partition coefficient (Wildman–Crippen LogP) is 2.61. The largest absolute Gasteiger partial charge is 0.514 e. The summed E-state index contributed by atoms with van der Waals surface area (Å²) in [4.78, 5) is 10.0. The van der Waals surface area contributed by atoms with Crippen molar-refractivity contribution in [2.24, 2.45) is 0 Å². The number of alkyl halides is 8. The van der Waals surface area contributed by atoms with Crippen molar-refractivity contribution < 1.29 is 49.4 Å². The molecule has 2 atom stereocenters. The molecule has 3 nitrogen and oxygen atoms in total. The summed E-state index contributed by atoms with van der Waals surface area (Å²) in [5.41, 5.74) is 0. The Hall–Kier alpha value is -1.29. The lowest BCUT2D eigenvalue weighted by Gasteiger charge is -2.30. The van der Waals surface area contributed by atoms with Crippen molar-refractivity contribution in [1.29, 1.82) is 0 Å². The first-order valence-electron chi connectivity index (χ1n) is 3.28. The molecule has 0 saturated carbocycles. The van der Waals surface area contributed by atoms with Crippen LogP contribution >= 0.6 is 0 Å². The first kappa shape index (κ1) is 12.8. The number of halogens is 8. The Morgan fingerprint density at radius 2 is 1.06 bits per heavy atom. The molecule has 0 N–H and O–H groups in total. The fraction of sp³-hybridized carbons (Fsp3) is 0.800. The van der Waals surface area contributed by atoms with Crippen molar-refractivity contribution in [3.63, 3.8) is 0 Å². The molecule has 1 rings (SSSR count). The van der Waals surface area contributed by atoms with Crippen LogP contribution in [0.15, 0.2) is 0 Å². The van der Waals surface area contributed by atoms with Gasteiger partial charge in [-0.05, 0) is 0 Å². The zero-order valence-corrected chi connectivity index (χ0v) is 6.75. The number of rotatable bonds is 0. The molecule has 1 aliphatic rings. The van der Waals surface area contributed by atoms with E-state index in [4.69, 9.17) is 0 Å². The van der Waals surface area contributed by atoms with Crippen molar-refractivity contribution in [2.45, 2.75) is 24.1 Å². The highest BCUT2D eigenvalue weighted by atomic mass is 19.4. The Bertz CT molecular complexity index is 291. The first-order chi connectivity index (χ1) is 6.85. The number of ether oxygens (including phenoxy) is 2. The van der Waals surface area contributed by atoms with Crippen LogP contribution in [0.3, 0.4) is 0 Å². The summed E-state index contributed by atoms with van der Waals surface area (Å²) in [5, 5.41) is 0. The maximum Gasteiger partial charge on any atom is 0.514 e. The van der Waals surface area contributed by atoms with Gasteiger partial charge in [-0.3, -0.25) is 0 Å². The lowest BCUT2D eigenvalue weighted by atomic mass is 10.1. The van der Waals surface area contributed by atoms with Crippen molar-refractivity contribution in [3.05, 3.63) is 0 Å². The average molecular weight is 260 g/mol. The quantitative estimate of drug-likeness (QED) is 0.496. The summed E-state index contributed by atoms with van der Waals surface area (Å²) < 4.78 is 102. The molecular weight excluding hydrogens is 260 g/mol. The molecule has 0 spiro atoms. The fourth-order valence-electron chi connectivity index (χ4n) is 0.862. The fourth-order valence-corrected chi connectivity index (χ4v) is 0.862. The maximum atomic E-state index is 12.8. The topological polar surface area (TPSA) is 35.5 Å². The lowest BCUT2D eigenvalue weighted by Crippen LogP contribution is -2.62. The molecule has 1 aliphatic heterocycles. The van der Waals surface area contributed by atoms with Gasteiger partial charge in [-0.15, -0.1) is 0 Å². The molecule has 0 aliphatic carbocycles. The second kappa shape index (κ2) is 2.88. The van der Waals surface area contributed by atoms with E-state index in [0.717, 1.165) is 0 Å². The minimum atomic E-state index is -6.44. The summed E-state index contributed by atoms with van der Waals surface area (Å²) in [6, 6.07) is 0. The molecule has 0 aromatic rings. The van der Waals surface area contributed by atoms with Crippen molar-refractivity contribution >= 4 is 6.16 Å². The highest BCUT2D eigenvalue weighted by Gasteiger charge is 2.89. The summed E-state index contributed by atoms with van der Waals surface area (Å²) >= 11 is 0. The van der Waals surface area contributed by atoms with Gasteiger partial charge in [0.1, 0.15) is 0 Å². The zero-order valence-electron chi connectivity index (χ0n) is 6.75. The number of carbonyl (C=O) groups is 1. The van der Waals surface area contributed by atoms with Gasteiger partial charge < -0.3 is 9.47 Å². The van der Waals surface area contributed by atoms with Crippen LogP contribution in [-0.2, 0) is 9.47 Å². The molecule has 0 aromatic carbocycles. The van der Waals surface area contributed by atoms with Crippen molar-refractivity contribution in [1.82, 2.24) is 0 Å². The number of carbonyl (C=O) groups excluding carboxylic acids is 1. The summed E-state index contributed by atoms with van der Waals surface area (Å²) in [7, 11) is 0. The molecule has 0 bridgehead atoms. The molecule has 94 valence electrons. The number of cyclic esters (lactones) is 2. The highest BCUT2D eigenvalue weighted by molar-refractivity contribution is 5.64. The van der Waals surface area contributed by atoms with Gasteiger partial charge in [0.05, 0.1) is 0 Å². The third-order valence-corrected chi connectivity index (χ3v) is 1.59. The maximum absolute atomic E-state index is 12.8. The van der Waals surface area contributed by atoms with E-state index in [-0.39, 0.29) is 0 Å². The van der Waals surface area contributed by atoms with Crippen LogP contribution in [0.4, 0.5) is 39.9 Å². The molecule has 16 heavy (non-hydrogen) atoms. The first-order valence-corrected chi connectivity index (χ1v) is 3.28. The van der Waals surface area contributed by atoms with Gasteiger partial charge in [0.2, 0.25) is 0 Å². The third-order valence-electron chi connectivity index (χ3n) is 1.59. The molecule has 0 radical (unpaired) electrons. The molecule has 1 unspecified atom stereocenters. The third kappa shape index (κ3) is 1.37. The predicted molar refractivity (Wildman–Crippen MR) is 27.4 cm³/mol. The molecule has 0 amide bonds. The van der Waals surface area contributed by atoms with Gasteiger partial charge in [-0.2, -0.15) is 35.1 Å². The van der Waals surface area contributed by atoms with Crippen LogP contribution < -0.4 is 0 Å². The van der Waals surface area contributed by atoms with E-state index in [1.807, 2.05) is 0 Å². The summed E-state index contributed by atoms with van der Waals surface area (Å²) in [5.74, 6) is -11.8. The highest BCUT2D eigenvalue weighted by Crippen LogP contribution is 2.56. The van der Waals surface area contributed by atoms with Gasteiger partial charge in [0.25, 0.3) is 0 Å². The van der Waals surface area contributed by atoms with E-state index in [9.17, 15) is 39.9 Å². The summed E-state index contributed by atoms with van der Waals surface area (Å²) in [6.45, 7) is 0. The van der Waals surface area contributed by atoms with Crippen LogP contribution in [0.5, 0.6) is 0 Å². The Labute approximate surface area is 80.9 Å². The molecular formula is C5F8O3.